The maximum absolute atomic E-state index is 9.58. The molecule has 1 saturated heterocycles. The topological polar surface area (TPSA) is 27.0 Å². The highest BCUT2D eigenvalue weighted by Gasteiger charge is 2.32. The second kappa shape index (κ2) is 5.54. The lowest BCUT2D eigenvalue weighted by Crippen LogP contribution is -2.49. The average molecular weight is 242 g/mol. The van der Waals surface area contributed by atoms with Crippen LogP contribution in [0.25, 0.3) is 0 Å². The summed E-state index contributed by atoms with van der Waals surface area (Å²) in [5.41, 5.74) is 2.19. The van der Waals surface area contributed by atoms with E-state index in [1.807, 2.05) is 0 Å². The van der Waals surface area contributed by atoms with Crippen molar-refractivity contribution in [1.29, 1.82) is 5.26 Å². The summed E-state index contributed by atoms with van der Waals surface area (Å²) in [5, 5.41) is 9.58. The van der Waals surface area contributed by atoms with Gasteiger partial charge in [0.1, 0.15) is 5.54 Å². The molecule has 1 heterocycles. The minimum absolute atomic E-state index is 0.353. The fourth-order valence-electron chi connectivity index (χ4n) is 2.83. The van der Waals surface area contributed by atoms with Crippen molar-refractivity contribution in [2.75, 3.05) is 13.1 Å². The lowest BCUT2D eigenvalue weighted by Gasteiger charge is -2.38. The van der Waals surface area contributed by atoms with Gasteiger partial charge < -0.3 is 0 Å². The second-order valence-corrected chi connectivity index (χ2v) is 5.60. The van der Waals surface area contributed by atoms with Crippen LogP contribution in [0, 0.1) is 18.3 Å². The van der Waals surface area contributed by atoms with Crippen LogP contribution in [0.3, 0.4) is 0 Å². The van der Waals surface area contributed by atoms with Gasteiger partial charge in [-0.05, 0) is 45.3 Å². The molecule has 0 aliphatic carbocycles. The molecule has 1 aromatic rings. The SMILES string of the molecule is Cc1cccc(CC(C)(C#N)N2CCCCC2)c1. The Morgan fingerprint density at radius 1 is 1.28 bits per heavy atom. The zero-order valence-electron chi connectivity index (χ0n) is 11.4. The summed E-state index contributed by atoms with van der Waals surface area (Å²) in [7, 11) is 0. The molecule has 1 aromatic carbocycles. The van der Waals surface area contributed by atoms with Crippen LogP contribution in [0.2, 0.25) is 0 Å². The van der Waals surface area contributed by atoms with Gasteiger partial charge in [-0.15, -0.1) is 0 Å². The van der Waals surface area contributed by atoms with Crippen LogP contribution >= 0.6 is 0 Å². The molecule has 0 amide bonds. The van der Waals surface area contributed by atoms with Crippen LogP contribution in [0.15, 0.2) is 24.3 Å². The van der Waals surface area contributed by atoms with Crippen LogP contribution in [0.1, 0.15) is 37.3 Å². The molecule has 1 aliphatic rings. The lowest BCUT2D eigenvalue weighted by atomic mass is 9.90. The summed E-state index contributed by atoms with van der Waals surface area (Å²) in [6.45, 7) is 6.32. The third kappa shape index (κ3) is 2.91. The van der Waals surface area contributed by atoms with E-state index in [4.69, 9.17) is 0 Å². The first kappa shape index (κ1) is 13.1. The quantitative estimate of drug-likeness (QED) is 0.813. The first-order valence-corrected chi connectivity index (χ1v) is 6.86. The maximum atomic E-state index is 9.58. The molecule has 2 rings (SSSR count). The summed E-state index contributed by atoms with van der Waals surface area (Å²) in [4.78, 5) is 2.36. The van der Waals surface area contributed by atoms with Gasteiger partial charge in [0.2, 0.25) is 0 Å². The highest BCUT2D eigenvalue weighted by Crippen LogP contribution is 2.24. The van der Waals surface area contributed by atoms with Crippen molar-refractivity contribution in [2.24, 2.45) is 0 Å². The molecule has 0 spiro atoms. The minimum atomic E-state index is -0.353. The Labute approximate surface area is 110 Å². The van der Waals surface area contributed by atoms with Gasteiger partial charge >= 0.3 is 0 Å². The van der Waals surface area contributed by atoms with E-state index in [1.54, 1.807) is 0 Å². The summed E-state index contributed by atoms with van der Waals surface area (Å²) in [5.74, 6) is 0. The van der Waals surface area contributed by atoms with Gasteiger partial charge in [-0.2, -0.15) is 5.26 Å². The highest BCUT2D eigenvalue weighted by atomic mass is 15.2. The molecule has 18 heavy (non-hydrogen) atoms. The predicted octanol–water partition coefficient (Wildman–Crippen LogP) is 3.31. The first-order chi connectivity index (χ1) is 8.64. The number of benzene rings is 1. The van der Waals surface area contributed by atoms with Crippen LogP contribution in [0.5, 0.6) is 0 Å². The van der Waals surface area contributed by atoms with Crippen molar-refractivity contribution in [2.45, 2.75) is 45.1 Å². The molecule has 2 nitrogen and oxygen atoms in total. The Kier molecular flexibility index (Phi) is 4.04. The van der Waals surface area contributed by atoms with Crippen LogP contribution in [-0.2, 0) is 6.42 Å². The van der Waals surface area contributed by atoms with Crippen LogP contribution < -0.4 is 0 Å². The van der Waals surface area contributed by atoms with E-state index in [9.17, 15) is 5.26 Å². The Bertz CT molecular complexity index is 441. The number of likely N-dealkylation sites (tertiary alicyclic amines) is 1. The number of nitrogens with zero attached hydrogens (tertiary/aromatic N) is 2. The molecule has 1 aliphatic heterocycles. The van der Waals surface area contributed by atoms with E-state index in [0.29, 0.717) is 0 Å². The third-order valence-corrected chi connectivity index (χ3v) is 3.93. The van der Waals surface area contributed by atoms with E-state index in [0.717, 1.165) is 19.5 Å². The number of hydrogen-bond acceptors (Lipinski definition) is 2. The molecule has 1 atom stereocenters. The average Bonchev–Trinajstić information content (AvgIpc) is 2.39. The molecule has 0 aromatic heterocycles. The minimum Gasteiger partial charge on any atom is -0.285 e. The van der Waals surface area contributed by atoms with Crippen molar-refractivity contribution in [3.05, 3.63) is 35.4 Å². The molecular formula is C16H22N2. The van der Waals surface area contributed by atoms with E-state index in [2.05, 4.69) is 49.1 Å². The number of nitriles is 1. The largest absolute Gasteiger partial charge is 0.285 e. The number of aryl methyl sites for hydroxylation is 1. The monoisotopic (exact) mass is 242 g/mol. The van der Waals surface area contributed by atoms with E-state index < -0.39 is 0 Å². The second-order valence-electron chi connectivity index (χ2n) is 5.60. The van der Waals surface area contributed by atoms with Crippen LogP contribution in [0.4, 0.5) is 0 Å². The molecule has 0 N–H and O–H groups in total. The lowest BCUT2D eigenvalue weighted by molar-refractivity contribution is 0.124. The van der Waals surface area contributed by atoms with Gasteiger partial charge in [0.05, 0.1) is 6.07 Å². The Morgan fingerprint density at radius 2 is 2.00 bits per heavy atom. The van der Waals surface area contributed by atoms with Crippen molar-refractivity contribution >= 4 is 0 Å². The third-order valence-electron chi connectivity index (χ3n) is 3.93. The zero-order chi connectivity index (χ0) is 13.0. The van der Waals surface area contributed by atoms with Crippen molar-refractivity contribution in [1.82, 2.24) is 4.90 Å². The van der Waals surface area contributed by atoms with E-state index in [-0.39, 0.29) is 5.54 Å². The molecule has 96 valence electrons. The fraction of sp³-hybridized carbons (Fsp3) is 0.562. The molecule has 2 heteroatoms. The van der Waals surface area contributed by atoms with Gasteiger partial charge in [-0.3, -0.25) is 4.90 Å². The normalized spacial score (nSPS) is 20.1. The molecule has 0 saturated carbocycles. The number of hydrogen-bond donors (Lipinski definition) is 0. The van der Waals surface area contributed by atoms with Crippen molar-refractivity contribution in [3.63, 3.8) is 0 Å². The molecule has 1 unspecified atom stereocenters. The Hall–Kier alpha value is -1.33. The Balaban J connectivity index is 2.15. The van der Waals surface area contributed by atoms with Crippen LogP contribution in [-0.4, -0.2) is 23.5 Å². The van der Waals surface area contributed by atoms with E-state index >= 15 is 0 Å². The highest BCUT2D eigenvalue weighted by molar-refractivity contribution is 5.26. The van der Waals surface area contributed by atoms with Crippen molar-refractivity contribution < 1.29 is 0 Å². The predicted molar refractivity (Wildman–Crippen MR) is 74.3 cm³/mol. The number of rotatable bonds is 3. The summed E-state index contributed by atoms with van der Waals surface area (Å²) in [6.07, 6.45) is 4.59. The first-order valence-electron chi connectivity index (χ1n) is 6.86. The summed E-state index contributed by atoms with van der Waals surface area (Å²) in [6, 6.07) is 11.1. The van der Waals surface area contributed by atoms with Gasteiger partial charge in [0, 0.05) is 6.42 Å². The molecule has 0 radical (unpaired) electrons. The Morgan fingerprint density at radius 3 is 2.61 bits per heavy atom. The number of piperidine rings is 1. The fourth-order valence-corrected chi connectivity index (χ4v) is 2.83. The standard InChI is InChI=1S/C16H22N2/c1-14-7-6-8-15(11-14)12-16(2,13-17)18-9-4-3-5-10-18/h6-8,11H,3-5,9-10,12H2,1-2H3. The van der Waals surface area contributed by atoms with Gasteiger partial charge in [-0.25, -0.2) is 0 Å². The molecule has 1 fully saturated rings. The molecular weight excluding hydrogens is 220 g/mol. The van der Waals surface area contributed by atoms with E-state index in [1.165, 1.54) is 30.4 Å². The van der Waals surface area contributed by atoms with Gasteiger partial charge in [0.25, 0.3) is 0 Å². The van der Waals surface area contributed by atoms with Gasteiger partial charge in [0.15, 0.2) is 0 Å². The summed E-state index contributed by atoms with van der Waals surface area (Å²) >= 11 is 0. The summed E-state index contributed by atoms with van der Waals surface area (Å²) < 4.78 is 0. The smallest absolute Gasteiger partial charge is 0.110 e. The van der Waals surface area contributed by atoms with Crippen molar-refractivity contribution in [3.8, 4) is 6.07 Å². The molecule has 0 bridgehead atoms. The maximum Gasteiger partial charge on any atom is 0.110 e. The zero-order valence-corrected chi connectivity index (χ0v) is 11.4. The van der Waals surface area contributed by atoms with Gasteiger partial charge in [-0.1, -0.05) is 36.2 Å².